The molecule has 3 rings (SSSR count). The molecule has 0 saturated carbocycles. The number of hydrogen-bond acceptors (Lipinski definition) is 5. The molecule has 3 N–H and O–H groups in total. The van der Waals surface area contributed by atoms with Gasteiger partial charge in [-0.15, -0.1) is 11.3 Å². The van der Waals surface area contributed by atoms with E-state index in [0.29, 0.717) is 32.0 Å². The Bertz CT molecular complexity index is 907. The zero-order valence-electron chi connectivity index (χ0n) is 13.7. The number of aromatic nitrogens is 2. The zero-order chi connectivity index (χ0) is 18.5. The number of aryl methyl sites for hydroxylation is 1. The van der Waals surface area contributed by atoms with Gasteiger partial charge in [-0.05, 0) is 43.3 Å². The fraction of sp³-hybridized carbons (Fsp3) is 0.118. The van der Waals surface area contributed by atoms with Gasteiger partial charge in [-0.2, -0.15) is 0 Å². The predicted molar refractivity (Wildman–Crippen MR) is 98.4 cm³/mol. The second kappa shape index (κ2) is 8.03. The van der Waals surface area contributed by atoms with Gasteiger partial charge in [-0.25, -0.2) is 4.98 Å². The minimum Gasteiger partial charge on any atom is -0.486 e. The molecule has 0 aliphatic carbocycles. The normalized spacial score (nSPS) is 10.4. The van der Waals surface area contributed by atoms with Crippen LogP contribution in [0.4, 0.5) is 0 Å². The lowest BCUT2D eigenvalue weighted by Crippen LogP contribution is -2.41. The van der Waals surface area contributed by atoms with Crippen LogP contribution in [0.1, 0.15) is 30.9 Å². The van der Waals surface area contributed by atoms with Crippen LogP contribution in [0.15, 0.2) is 42.6 Å². The second-order valence-corrected chi connectivity index (χ2v) is 6.78. The molecule has 3 aromatic rings. The number of carbonyl (C=O) groups is 2. The number of nitrogens with zero attached hydrogens (tertiary/aromatic N) is 1. The molecule has 0 atom stereocenters. The standard InChI is InChI=1S/C17H15ClN4O3S/c1-10-15(17(24)22-21-16(23)13-3-2-8-19-13)26-14(20-10)9-25-12-6-4-11(18)5-7-12/h2-8,19H,9H2,1H3,(H,21,23)(H,22,24). The van der Waals surface area contributed by atoms with Crippen LogP contribution in [-0.4, -0.2) is 21.8 Å². The van der Waals surface area contributed by atoms with Crippen molar-refractivity contribution in [2.75, 3.05) is 0 Å². The molecule has 26 heavy (non-hydrogen) atoms. The lowest BCUT2D eigenvalue weighted by molar-refractivity contribution is 0.0846. The van der Waals surface area contributed by atoms with Crippen LogP contribution in [0.2, 0.25) is 5.02 Å². The largest absolute Gasteiger partial charge is 0.486 e. The summed E-state index contributed by atoms with van der Waals surface area (Å²) in [7, 11) is 0. The Kier molecular flexibility index (Phi) is 5.55. The predicted octanol–water partition coefficient (Wildman–Crippen LogP) is 3.09. The molecule has 134 valence electrons. The molecule has 0 fully saturated rings. The number of H-pyrrole nitrogens is 1. The fourth-order valence-corrected chi connectivity index (χ4v) is 3.11. The summed E-state index contributed by atoms with van der Waals surface area (Å²) in [6.45, 7) is 1.96. The highest BCUT2D eigenvalue weighted by atomic mass is 35.5. The molecular weight excluding hydrogens is 376 g/mol. The third kappa shape index (κ3) is 4.41. The van der Waals surface area contributed by atoms with Gasteiger partial charge < -0.3 is 9.72 Å². The fourth-order valence-electron chi connectivity index (χ4n) is 2.11. The van der Waals surface area contributed by atoms with Gasteiger partial charge in [-0.3, -0.25) is 20.4 Å². The molecule has 9 heteroatoms. The summed E-state index contributed by atoms with van der Waals surface area (Å²) in [6.07, 6.45) is 1.62. The Hall–Kier alpha value is -2.84. The van der Waals surface area contributed by atoms with E-state index in [2.05, 4.69) is 20.8 Å². The van der Waals surface area contributed by atoms with Gasteiger partial charge in [0.05, 0.1) is 5.69 Å². The number of amides is 2. The van der Waals surface area contributed by atoms with E-state index in [-0.39, 0.29) is 6.61 Å². The van der Waals surface area contributed by atoms with Gasteiger partial charge in [0.2, 0.25) is 0 Å². The second-order valence-electron chi connectivity index (χ2n) is 5.26. The lowest BCUT2D eigenvalue weighted by atomic mass is 10.3. The summed E-state index contributed by atoms with van der Waals surface area (Å²) >= 11 is 7.04. The Morgan fingerprint density at radius 1 is 1.19 bits per heavy atom. The van der Waals surface area contributed by atoms with Crippen LogP contribution in [0.25, 0.3) is 0 Å². The van der Waals surface area contributed by atoms with E-state index in [9.17, 15) is 9.59 Å². The van der Waals surface area contributed by atoms with Gasteiger partial charge in [-0.1, -0.05) is 11.6 Å². The maximum Gasteiger partial charge on any atom is 0.286 e. The summed E-state index contributed by atoms with van der Waals surface area (Å²) in [6, 6.07) is 10.3. The maximum atomic E-state index is 12.2. The molecule has 0 spiro atoms. The maximum absolute atomic E-state index is 12.2. The molecule has 1 aromatic carbocycles. The highest BCUT2D eigenvalue weighted by Gasteiger charge is 2.16. The monoisotopic (exact) mass is 390 g/mol. The molecule has 2 amide bonds. The molecule has 0 bridgehead atoms. The number of benzene rings is 1. The van der Waals surface area contributed by atoms with Crippen LogP contribution in [0, 0.1) is 6.92 Å². The highest BCUT2D eigenvalue weighted by molar-refractivity contribution is 7.13. The van der Waals surface area contributed by atoms with Crippen LogP contribution in [0.3, 0.4) is 0 Å². The number of halogens is 1. The summed E-state index contributed by atoms with van der Waals surface area (Å²) in [4.78, 5) is 31.6. The van der Waals surface area contributed by atoms with E-state index in [1.807, 2.05) is 0 Å². The number of aromatic amines is 1. The summed E-state index contributed by atoms with van der Waals surface area (Å²) < 4.78 is 5.63. The van der Waals surface area contributed by atoms with E-state index >= 15 is 0 Å². The first-order valence-electron chi connectivity index (χ1n) is 7.61. The number of thiazole rings is 1. The van der Waals surface area contributed by atoms with Crippen molar-refractivity contribution in [2.24, 2.45) is 0 Å². The SMILES string of the molecule is Cc1nc(COc2ccc(Cl)cc2)sc1C(=O)NNC(=O)c1ccc[nH]1. The van der Waals surface area contributed by atoms with E-state index in [0.717, 1.165) is 0 Å². The van der Waals surface area contributed by atoms with E-state index in [1.165, 1.54) is 11.3 Å². The van der Waals surface area contributed by atoms with Crippen molar-refractivity contribution in [3.63, 3.8) is 0 Å². The van der Waals surface area contributed by atoms with Crippen LogP contribution >= 0.6 is 22.9 Å². The van der Waals surface area contributed by atoms with Gasteiger partial charge in [0.1, 0.15) is 27.9 Å². The van der Waals surface area contributed by atoms with Crippen molar-refractivity contribution in [1.29, 1.82) is 0 Å². The van der Waals surface area contributed by atoms with Gasteiger partial charge in [0, 0.05) is 11.2 Å². The summed E-state index contributed by atoms with van der Waals surface area (Å²) in [5.74, 6) is -0.207. The average Bonchev–Trinajstić information content (AvgIpc) is 3.29. The van der Waals surface area contributed by atoms with E-state index in [4.69, 9.17) is 16.3 Å². The van der Waals surface area contributed by atoms with Crippen LogP contribution < -0.4 is 15.6 Å². The van der Waals surface area contributed by atoms with E-state index < -0.39 is 11.8 Å². The van der Waals surface area contributed by atoms with Gasteiger partial charge >= 0.3 is 0 Å². The average molecular weight is 391 g/mol. The number of hydrazine groups is 1. The van der Waals surface area contributed by atoms with Gasteiger partial charge in [0.25, 0.3) is 11.8 Å². The molecule has 0 unspecified atom stereocenters. The quantitative estimate of drug-likeness (QED) is 0.583. The number of ether oxygens (including phenoxy) is 1. The number of carbonyl (C=O) groups excluding carboxylic acids is 2. The highest BCUT2D eigenvalue weighted by Crippen LogP contribution is 2.21. The Morgan fingerprint density at radius 3 is 2.62 bits per heavy atom. The van der Waals surface area contributed by atoms with Crippen LogP contribution in [-0.2, 0) is 6.61 Å². The number of rotatable bonds is 5. The van der Waals surface area contributed by atoms with Crippen molar-refractivity contribution >= 4 is 34.8 Å². The molecule has 2 heterocycles. The molecule has 0 saturated heterocycles. The first-order valence-corrected chi connectivity index (χ1v) is 8.81. The van der Waals surface area contributed by atoms with Crippen LogP contribution in [0.5, 0.6) is 5.75 Å². The lowest BCUT2D eigenvalue weighted by Gasteiger charge is -2.05. The smallest absolute Gasteiger partial charge is 0.286 e. The third-order valence-corrected chi connectivity index (χ3v) is 4.74. The Labute approximate surface area is 158 Å². The molecule has 7 nitrogen and oxygen atoms in total. The van der Waals surface area contributed by atoms with Crippen molar-refractivity contribution in [2.45, 2.75) is 13.5 Å². The first-order chi connectivity index (χ1) is 12.5. The molecule has 0 aliphatic rings. The van der Waals surface area contributed by atoms with Gasteiger partial charge in [0.15, 0.2) is 0 Å². The topological polar surface area (TPSA) is 96.1 Å². The summed E-state index contributed by atoms with van der Waals surface area (Å²) in [5, 5.41) is 1.28. The molecule has 2 aromatic heterocycles. The number of nitrogens with one attached hydrogen (secondary N) is 3. The molecule has 0 radical (unpaired) electrons. The molecule has 0 aliphatic heterocycles. The zero-order valence-corrected chi connectivity index (χ0v) is 15.3. The third-order valence-electron chi connectivity index (χ3n) is 3.36. The molecular formula is C17H15ClN4O3S. The minimum absolute atomic E-state index is 0.231. The van der Waals surface area contributed by atoms with Crippen molar-refractivity contribution < 1.29 is 14.3 Å². The Balaban J connectivity index is 1.57. The van der Waals surface area contributed by atoms with Crippen molar-refractivity contribution in [1.82, 2.24) is 20.8 Å². The van der Waals surface area contributed by atoms with E-state index in [1.54, 1.807) is 49.5 Å². The van der Waals surface area contributed by atoms with Crippen molar-refractivity contribution in [3.05, 3.63) is 68.9 Å². The summed E-state index contributed by atoms with van der Waals surface area (Å²) in [5.41, 5.74) is 5.64. The number of hydrogen-bond donors (Lipinski definition) is 3. The Morgan fingerprint density at radius 2 is 1.92 bits per heavy atom. The van der Waals surface area contributed by atoms with Crippen molar-refractivity contribution in [3.8, 4) is 5.75 Å². The first kappa shape index (κ1) is 18.0. The minimum atomic E-state index is -0.434.